The van der Waals surface area contributed by atoms with Crippen molar-refractivity contribution in [3.05, 3.63) is 16.3 Å². The Morgan fingerprint density at radius 2 is 1.81 bits per heavy atom. The Balaban J connectivity index is 2.06. The molecule has 1 aliphatic rings. The van der Waals surface area contributed by atoms with Gasteiger partial charge in [-0.1, -0.05) is 18.9 Å². The molecule has 1 heterocycles. The van der Waals surface area contributed by atoms with Crippen molar-refractivity contribution in [2.75, 3.05) is 10.6 Å². The van der Waals surface area contributed by atoms with Crippen LogP contribution >= 0.6 is 11.6 Å². The second-order valence-electron chi connectivity index (χ2n) is 6.23. The molecule has 0 saturated carbocycles. The Bertz CT molecular complexity index is 782. The molecular weight excluding hydrogens is 380 g/mol. The van der Waals surface area contributed by atoms with Gasteiger partial charge in [0, 0.05) is 6.04 Å². The molecule has 0 spiro atoms. The van der Waals surface area contributed by atoms with Crippen molar-refractivity contribution < 1.29 is 13.2 Å². The highest BCUT2D eigenvalue weighted by Crippen LogP contribution is 2.20. The van der Waals surface area contributed by atoms with E-state index in [0.717, 1.165) is 25.7 Å². The number of nitrogens with one attached hydrogen (secondary N) is 3. The van der Waals surface area contributed by atoms with Crippen LogP contribution in [0.2, 0.25) is 5.28 Å². The average Bonchev–Trinajstić information content (AvgIpc) is 2.43. The van der Waals surface area contributed by atoms with E-state index in [2.05, 4.69) is 25.6 Å². The summed E-state index contributed by atoms with van der Waals surface area (Å²) < 4.78 is 26.8. The minimum atomic E-state index is -3.90. The highest BCUT2D eigenvalue weighted by molar-refractivity contribution is 7.93. The second-order valence-corrected chi connectivity index (χ2v) is 8.31. The minimum absolute atomic E-state index is 0.0433. The number of aromatic nitrogens is 3. The molecule has 1 aliphatic carbocycles. The van der Waals surface area contributed by atoms with Crippen LogP contribution in [0.4, 0.5) is 16.7 Å². The molecule has 26 heavy (non-hydrogen) atoms. The van der Waals surface area contributed by atoms with Crippen LogP contribution in [0, 0.1) is 0 Å². The number of allylic oxidation sites excluding steroid dienone is 2. The number of carbonyl (C=O) groups is 1. The van der Waals surface area contributed by atoms with Gasteiger partial charge in [0.05, 0.1) is 4.91 Å². The van der Waals surface area contributed by atoms with E-state index < -0.39 is 16.1 Å². The van der Waals surface area contributed by atoms with E-state index in [-0.39, 0.29) is 28.1 Å². The fraction of sp³-hybridized carbons (Fsp3) is 0.600. The van der Waals surface area contributed by atoms with E-state index in [1.807, 2.05) is 18.6 Å². The third-order valence-corrected chi connectivity index (χ3v) is 5.26. The number of nitrogens with zero attached hydrogens (tertiary/aromatic N) is 3. The summed E-state index contributed by atoms with van der Waals surface area (Å²) in [6.07, 6.45) is 6.58. The second kappa shape index (κ2) is 9.13. The zero-order valence-corrected chi connectivity index (χ0v) is 16.3. The van der Waals surface area contributed by atoms with Crippen LogP contribution in [-0.4, -0.2) is 35.4 Å². The van der Waals surface area contributed by atoms with Gasteiger partial charge in [0.15, 0.2) is 0 Å². The summed E-state index contributed by atoms with van der Waals surface area (Å²) in [7, 11) is -3.90. The van der Waals surface area contributed by atoms with Crippen LogP contribution < -0.4 is 15.4 Å². The zero-order valence-electron chi connectivity index (χ0n) is 14.7. The van der Waals surface area contributed by atoms with Crippen molar-refractivity contribution in [1.82, 2.24) is 19.7 Å². The van der Waals surface area contributed by atoms with E-state index in [9.17, 15) is 13.2 Å². The molecular formula is C15H23ClN6O3S. The molecule has 11 heteroatoms. The summed E-state index contributed by atoms with van der Waals surface area (Å²) in [6, 6.07) is -0.910. The Kier molecular flexibility index (Phi) is 7.15. The van der Waals surface area contributed by atoms with Gasteiger partial charge in [0.25, 0.3) is 10.0 Å². The predicted octanol–water partition coefficient (Wildman–Crippen LogP) is 3.03. The van der Waals surface area contributed by atoms with E-state index >= 15 is 0 Å². The molecule has 1 aromatic rings. The van der Waals surface area contributed by atoms with Crippen LogP contribution in [0.25, 0.3) is 0 Å². The topological polar surface area (TPSA) is 126 Å². The van der Waals surface area contributed by atoms with Gasteiger partial charge in [-0.05, 0) is 51.1 Å². The van der Waals surface area contributed by atoms with Gasteiger partial charge in [-0.3, -0.25) is 5.32 Å². The monoisotopic (exact) mass is 402 g/mol. The van der Waals surface area contributed by atoms with Gasteiger partial charge >= 0.3 is 6.03 Å². The molecule has 1 aromatic heterocycles. The van der Waals surface area contributed by atoms with Gasteiger partial charge in [-0.2, -0.15) is 15.0 Å². The lowest BCUT2D eigenvalue weighted by Crippen LogP contribution is -2.35. The molecule has 0 saturated heterocycles. The lowest BCUT2D eigenvalue weighted by molar-refractivity contribution is 0.256. The first-order valence-corrected chi connectivity index (χ1v) is 10.3. The van der Waals surface area contributed by atoms with Crippen LogP contribution in [0.15, 0.2) is 11.0 Å². The maximum absolute atomic E-state index is 12.4. The van der Waals surface area contributed by atoms with Crippen molar-refractivity contribution in [2.45, 2.75) is 58.4 Å². The van der Waals surface area contributed by atoms with Crippen molar-refractivity contribution in [3.63, 3.8) is 0 Å². The van der Waals surface area contributed by atoms with Crippen LogP contribution in [0.5, 0.6) is 0 Å². The van der Waals surface area contributed by atoms with Crippen molar-refractivity contribution in [1.29, 1.82) is 0 Å². The average molecular weight is 403 g/mol. The summed E-state index contributed by atoms with van der Waals surface area (Å²) in [6.45, 7) is 3.76. The molecule has 0 aromatic carbocycles. The SMILES string of the molecule is CC(C)Nc1nc(Cl)nc(NC(=O)NS(=O)(=O)C2=CCCCCCC2)n1. The smallest absolute Gasteiger partial charge is 0.335 e. The van der Waals surface area contributed by atoms with E-state index in [1.165, 1.54) is 0 Å². The molecule has 0 aliphatic heterocycles. The summed E-state index contributed by atoms with van der Waals surface area (Å²) in [5.41, 5.74) is 0. The van der Waals surface area contributed by atoms with Gasteiger partial charge in [0.1, 0.15) is 0 Å². The molecule has 144 valence electrons. The first-order valence-electron chi connectivity index (χ1n) is 8.47. The van der Waals surface area contributed by atoms with E-state index in [0.29, 0.717) is 12.8 Å². The number of hydrogen-bond donors (Lipinski definition) is 3. The quantitative estimate of drug-likeness (QED) is 0.690. The van der Waals surface area contributed by atoms with Crippen LogP contribution in [0.1, 0.15) is 52.4 Å². The molecule has 0 fully saturated rings. The fourth-order valence-corrected chi connectivity index (χ4v) is 3.79. The zero-order chi connectivity index (χ0) is 19.2. The van der Waals surface area contributed by atoms with Crippen molar-refractivity contribution >= 4 is 39.6 Å². The first kappa shape index (κ1) is 20.4. The Labute approximate surface area is 158 Å². The van der Waals surface area contributed by atoms with Gasteiger partial charge in [0.2, 0.25) is 17.2 Å². The summed E-state index contributed by atoms with van der Waals surface area (Å²) in [5, 5.41) is 5.08. The van der Waals surface area contributed by atoms with Gasteiger partial charge < -0.3 is 5.32 Å². The number of sulfonamides is 1. The van der Waals surface area contributed by atoms with E-state index in [1.54, 1.807) is 6.08 Å². The third kappa shape index (κ3) is 6.41. The standard InChI is InChI=1S/C15H23ClN6O3S/c1-10(2)17-13-18-12(16)19-14(20-13)21-15(23)22-26(24,25)11-8-6-4-3-5-7-9-11/h8,10H,3-7,9H2,1-2H3,(H3,17,18,19,20,21,22,23). The number of amides is 2. The molecule has 3 N–H and O–H groups in total. The predicted molar refractivity (Wildman–Crippen MR) is 100 cm³/mol. The number of rotatable bonds is 5. The third-order valence-electron chi connectivity index (χ3n) is 3.57. The number of carbonyl (C=O) groups excluding carboxylic acids is 1. The van der Waals surface area contributed by atoms with Gasteiger partial charge in [-0.15, -0.1) is 0 Å². The molecule has 2 rings (SSSR count). The Hall–Kier alpha value is -1.94. The number of anilines is 2. The normalized spacial score (nSPS) is 15.6. The van der Waals surface area contributed by atoms with Crippen molar-refractivity contribution in [2.24, 2.45) is 0 Å². The summed E-state index contributed by atoms with van der Waals surface area (Å²) in [5.74, 6) is 0.0355. The summed E-state index contributed by atoms with van der Waals surface area (Å²) in [4.78, 5) is 24.0. The number of hydrogen-bond acceptors (Lipinski definition) is 7. The molecule has 2 amide bonds. The Morgan fingerprint density at radius 3 is 2.54 bits per heavy atom. The molecule has 0 atom stereocenters. The first-order chi connectivity index (χ1) is 12.3. The molecule has 0 unspecified atom stereocenters. The largest absolute Gasteiger partial charge is 0.352 e. The number of urea groups is 1. The van der Waals surface area contributed by atoms with Crippen LogP contribution in [0.3, 0.4) is 0 Å². The van der Waals surface area contributed by atoms with Crippen LogP contribution in [-0.2, 0) is 10.0 Å². The highest BCUT2D eigenvalue weighted by atomic mass is 35.5. The number of halogens is 1. The molecule has 0 radical (unpaired) electrons. The van der Waals surface area contributed by atoms with Gasteiger partial charge in [-0.25, -0.2) is 17.9 Å². The maximum atomic E-state index is 12.4. The maximum Gasteiger partial charge on any atom is 0.335 e. The fourth-order valence-electron chi connectivity index (χ4n) is 2.45. The molecule has 0 bridgehead atoms. The minimum Gasteiger partial charge on any atom is -0.352 e. The van der Waals surface area contributed by atoms with Crippen molar-refractivity contribution in [3.8, 4) is 0 Å². The lowest BCUT2D eigenvalue weighted by Gasteiger charge is -2.13. The molecule has 9 nitrogen and oxygen atoms in total. The lowest BCUT2D eigenvalue weighted by atomic mass is 10.1. The Morgan fingerprint density at radius 1 is 1.12 bits per heavy atom. The highest BCUT2D eigenvalue weighted by Gasteiger charge is 2.21. The summed E-state index contributed by atoms with van der Waals surface area (Å²) >= 11 is 5.80. The van der Waals surface area contributed by atoms with E-state index in [4.69, 9.17) is 11.6 Å².